The van der Waals surface area contributed by atoms with E-state index in [1.54, 1.807) is 11.8 Å². The van der Waals surface area contributed by atoms with E-state index in [1.165, 1.54) is 11.3 Å². The molecule has 0 unspecified atom stereocenters. The summed E-state index contributed by atoms with van der Waals surface area (Å²) in [6.07, 6.45) is 0.729. The van der Waals surface area contributed by atoms with Crippen LogP contribution < -0.4 is 4.74 Å². The lowest BCUT2D eigenvalue weighted by Crippen LogP contribution is -2.39. The number of morpholine rings is 1. The van der Waals surface area contributed by atoms with E-state index < -0.39 is 17.7 Å². The molecular formula is C25H31N3O5S. The first-order valence-corrected chi connectivity index (χ1v) is 12.5. The highest BCUT2D eigenvalue weighted by atomic mass is 32.1. The maximum absolute atomic E-state index is 13.6. The number of Topliss-reactive ketones (excluding diaryl/α,β-unsaturated/α-hetero) is 1. The zero-order valence-electron chi connectivity index (χ0n) is 19.9. The number of hydrogen-bond donors (Lipinski definition) is 1. The van der Waals surface area contributed by atoms with Crippen LogP contribution in [0.2, 0.25) is 0 Å². The number of benzene rings is 1. The van der Waals surface area contributed by atoms with Crippen LogP contribution in [-0.4, -0.2) is 77.6 Å². The Bertz CT molecular complexity index is 1070. The Morgan fingerprint density at radius 1 is 1.21 bits per heavy atom. The molecule has 4 rings (SSSR count). The number of aryl methyl sites for hydroxylation is 2. The molecule has 1 N–H and O–H groups in total. The fourth-order valence-corrected chi connectivity index (χ4v) is 5.40. The second-order valence-corrected chi connectivity index (χ2v) is 9.65. The fourth-order valence-electron chi connectivity index (χ4n) is 4.53. The molecule has 0 bridgehead atoms. The Kier molecular flexibility index (Phi) is 7.65. The summed E-state index contributed by atoms with van der Waals surface area (Å²) >= 11 is 1.28. The summed E-state index contributed by atoms with van der Waals surface area (Å²) in [5.74, 6) is -0.614. The summed E-state index contributed by atoms with van der Waals surface area (Å²) in [4.78, 5) is 35.5. The normalized spacial score (nSPS) is 19.2. The third-order valence-electron chi connectivity index (χ3n) is 6.14. The van der Waals surface area contributed by atoms with E-state index in [9.17, 15) is 14.7 Å². The maximum Gasteiger partial charge on any atom is 0.290 e. The molecule has 1 saturated heterocycles. The smallest absolute Gasteiger partial charge is 0.290 e. The molecule has 3 heterocycles. The summed E-state index contributed by atoms with van der Waals surface area (Å²) in [7, 11) is 0. The topological polar surface area (TPSA) is 92.2 Å². The minimum atomic E-state index is -0.665. The largest absolute Gasteiger partial charge is 0.503 e. The van der Waals surface area contributed by atoms with Crippen molar-refractivity contribution in [3.8, 4) is 5.75 Å². The molecule has 0 spiro atoms. The van der Waals surface area contributed by atoms with Crippen molar-refractivity contribution in [1.29, 1.82) is 0 Å². The van der Waals surface area contributed by atoms with Gasteiger partial charge in [0.2, 0.25) is 5.78 Å². The lowest BCUT2D eigenvalue weighted by atomic mass is 9.95. The number of rotatable bonds is 9. The molecule has 1 aromatic carbocycles. The zero-order valence-corrected chi connectivity index (χ0v) is 20.7. The van der Waals surface area contributed by atoms with Gasteiger partial charge in [0, 0.05) is 26.2 Å². The molecule has 0 aliphatic carbocycles. The van der Waals surface area contributed by atoms with E-state index in [2.05, 4.69) is 9.88 Å². The van der Waals surface area contributed by atoms with Crippen LogP contribution >= 0.6 is 11.3 Å². The highest BCUT2D eigenvalue weighted by Gasteiger charge is 2.44. The highest BCUT2D eigenvalue weighted by Crippen LogP contribution is 2.40. The van der Waals surface area contributed by atoms with E-state index in [0.717, 1.165) is 36.6 Å². The third kappa shape index (κ3) is 5.01. The molecule has 8 nitrogen and oxygen atoms in total. The van der Waals surface area contributed by atoms with Crippen LogP contribution in [0.3, 0.4) is 0 Å². The van der Waals surface area contributed by atoms with Gasteiger partial charge in [0.05, 0.1) is 47.0 Å². The summed E-state index contributed by atoms with van der Waals surface area (Å²) in [5, 5.41) is 11.6. The van der Waals surface area contributed by atoms with Gasteiger partial charge in [-0.1, -0.05) is 12.1 Å². The summed E-state index contributed by atoms with van der Waals surface area (Å²) < 4.78 is 11.0. The average molecular weight is 486 g/mol. The molecular weight excluding hydrogens is 454 g/mol. The Balaban J connectivity index is 1.63. The van der Waals surface area contributed by atoms with Crippen molar-refractivity contribution >= 4 is 23.0 Å². The van der Waals surface area contributed by atoms with Gasteiger partial charge in [0.1, 0.15) is 5.75 Å². The van der Waals surface area contributed by atoms with Crippen molar-refractivity contribution in [1.82, 2.24) is 14.8 Å². The van der Waals surface area contributed by atoms with E-state index in [0.29, 0.717) is 42.7 Å². The van der Waals surface area contributed by atoms with Crippen LogP contribution in [0, 0.1) is 13.8 Å². The molecule has 182 valence electrons. The minimum Gasteiger partial charge on any atom is -0.503 e. The van der Waals surface area contributed by atoms with E-state index in [4.69, 9.17) is 9.47 Å². The predicted molar refractivity (Wildman–Crippen MR) is 130 cm³/mol. The summed E-state index contributed by atoms with van der Waals surface area (Å²) in [5.41, 5.74) is 1.48. The molecule has 2 aromatic rings. The van der Waals surface area contributed by atoms with E-state index >= 15 is 0 Å². The number of nitrogens with zero attached hydrogens (tertiary/aromatic N) is 3. The Hall–Kier alpha value is -2.75. The number of aromatic nitrogens is 1. The van der Waals surface area contributed by atoms with Crippen molar-refractivity contribution in [2.24, 2.45) is 0 Å². The van der Waals surface area contributed by atoms with Gasteiger partial charge in [-0.05, 0) is 44.9 Å². The van der Waals surface area contributed by atoms with Gasteiger partial charge < -0.3 is 19.5 Å². The first kappa shape index (κ1) is 24.4. The number of aliphatic hydroxyl groups excluding tert-OH is 1. The summed E-state index contributed by atoms with van der Waals surface area (Å²) in [6, 6.07) is 6.70. The second kappa shape index (κ2) is 10.7. The van der Waals surface area contributed by atoms with Crippen LogP contribution in [0.15, 0.2) is 35.6 Å². The third-order valence-corrected chi connectivity index (χ3v) is 7.21. The Morgan fingerprint density at radius 3 is 2.53 bits per heavy atom. The number of ether oxygens (including phenoxy) is 2. The number of aliphatic hydroxyl groups is 1. The van der Waals surface area contributed by atoms with Gasteiger partial charge in [-0.25, -0.2) is 4.98 Å². The van der Waals surface area contributed by atoms with Crippen molar-refractivity contribution in [2.75, 3.05) is 46.0 Å². The second-order valence-electron chi connectivity index (χ2n) is 8.45. The number of hydrogen-bond acceptors (Lipinski definition) is 8. The average Bonchev–Trinajstić information content (AvgIpc) is 3.30. The van der Waals surface area contributed by atoms with E-state index in [-0.39, 0.29) is 11.4 Å². The number of amides is 1. The van der Waals surface area contributed by atoms with Gasteiger partial charge >= 0.3 is 0 Å². The van der Waals surface area contributed by atoms with Crippen LogP contribution in [0.5, 0.6) is 5.75 Å². The van der Waals surface area contributed by atoms with Gasteiger partial charge in [-0.2, -0.15) is 0 Å². The number of carbonyl (C=O) groups excluding carboxylic acids is 2. The van der Waals surface area contributed by atoms with Gasteiger partial charge in [-0.15, -0.1) is 11.3 Å². The maximum atomic E-state index is 13.6. The molecule has 1 atom stereocenters. The van der Waals surface area contributed by atoms with E-state index in [1.807, 2.05) is 38.1 Å². The van der Waals surface area contributed by atoms with Crippen LogP contribution in [0.1, 0.15) is 45.3 Å². The van der Waals surface area contributed by atoms with Crippen LogP contribution in [0.25, 0.3) is 0 Å². The van der Waals surface area contributed by atoms with Crippen LogP contribution in [-0.2, 0) is 9.53 Å². The van der Waals surface area contributed by atoms with Gasteiger partial charge in [0.15, 0.2) is 5.76 Å². The molecule has 0 saturated carbocycles. The van der Waals surface area contributed by atoms with Crippen molar-refractivity contribution in [2.45, 2.75) is 33.2 Å². The number of thiazole rings is 1. The SMILES string of the molecule is CCOc1ccc([C@@H]2C(C(=O)c3sc(C)nc3C)=C(O)C(=O)N2CCCN2CCOCC2)cc1. The molecule has 0 radical (unpaired) electrons. The summed E-state index contributed by atoms with van der Waals surface area (Å²) in [6.45, 7) is 10.5. The quantitative estimate of drug-likeness (QED) is 0.544. The Labute approximate surface area is 203 Å². The molecule has 1 aromatic heterocycles. The number of carbonyl (C=O) groups is 2. The number of ketones is 1. The highest BCUT2D eigenvalue weighted by molar-refractivity contribution is 7.14. The van der Waals surface area contributed by atoms with Crippen molar-refractivity contribution in [3.63, 3.8) is 0 Å². The Morgan fingerprint density at radius 2 is 1.91 bits per heavy atom. The first-order chi connectivity index (χ1) is 16.4. The predicted octanol–water partition coefficient (Wildman–Crippen LogP) is 3.46. The van der Waals surface area contributed by atoms with Crippen LogP contribution in [0.4, 0.5) is 0 Å². The fraction of sp³-hybridized carbons (Fsp3) is 0.480. The molecule has 2 aliphatic heterocycles. The lowest BCUT2D eigenvalue weighted by molar-refractivity contribution is -0.129. The molecule has 34 heavy (non-hydrogen) atoms. The molecule has 2 aliphatic rings. The molecule has 1 fully saturated rings. The molecule has 9 heteroatoms. The molecule has 1 amide bonds. The van der Waals surface area contributed by atoms with Gasteiger partial charge in [0.25, 0.3) is 5.91 Å². The van der Waals surface area contributed by atoms with Crippen molar-refractivity contribution in [3.05, 3.63) is 56.7 Å². The lowest BCUT2D eigenvalue weighted by Gasteiger charge is -2.30. The first-order valence-electron chi connectivity index (χ1n) is 11.7. The van der Waals surface area contributed by atoms with Crippen molar-refractivity contribution < 1.29 is 24.2 Å². The van der Waals surface area contributed by atoms with Gasteiger partial charge in [-0.3, -0.25) is 14.5 Å². The standard InChI is InChI=1S/C25H31N3O5S/c1-4-33-19-8-6-18(7-9-19)21-20(22(29)24-16(2)26-17(3)34-24)23(30)25(31)28(21)11-5-10-27-12-14-32-15-13-27/h6-9,21,30H,4-5,10-15H2,1-3H3/t21-/m1/s1. The minimum absolute atomic E-state index is 0.118. The zero-order chi connectivity index (χ0) is 24.2. The monoisotopic (exact) mass is 485 g/mol.